The molecule has 8 nitrogen and oxygen atoms in total. The van der Waals surface area contributed by atoms with E-state index in [9.17, 15) is 9.59 Å². The second-order valence-corrected chi connectivity index (χ2v) is 5.23. The molecular weight excluding hydrogens is 286 g/mol. The van der Waals surface area contributed by atoms with Gasteiger partial charge in [0.15, 0.2) is 11.2 Å². The minimum atomic E-state index is -0.351. The molecule has 0 bridgehead atoms. The summed E-state index contributed by atoms with van der Waals surface area (Å²) >= 11 is 0. The van der Waals surface area contributed by atoms with E-state index >= 15 is 0 Å². The SMILES string of the molecule is CCCCn1c(=O)n(C)c(=O)c2c1nc(COC)n2CCN. The third kappa shape index (κ3) is 2.71. The van der Waals surface area contributed by atoms with E-state index in [-0.39, 0.29) is 17.9 Å². The van der Waals surface area contributed by atoms with E-state index in [1.54, 1.807) is 16.2 Å². The Bertz CT molecular complexity index is 771. The van der Waals surface area contributed by atoms with Gasteiger partial charge in [-0.25, -0.2) is 9.78 Å². The van der Waals surface area contributed by atoms with Gasteiger partial charge in [-0.05, 0) is 6.42 Å². The minimum Gasteiger partial charge on any atom is -0.377 e. The summed E-state index contributed by atoms with van der Waals surface area (Å²) in [7, 11) is 3.05. The van der Waals surface area contributed by atoms with Gasteiger partial charge in [-0.15, -0.1) is 0 Å². The Kier molecular flexibility index (Phi) is 5.15. The van der Waals surface area contributed by atoms with E-state index in [2.05, 4.69) is 4.98 Å². The highest BCUT2D eigenvalue weighted by molar-refractivity contribution is 5.71. The fraction of sp³-hybridized carbons (Fsp3) is 0.643. The Morgan fingerprint density at radius 1 is 1.23 bits per heavy atom. The third-order valence-corrected chi connectivity index (χ3v) is 3.67. The number of imidazole rings is 1. The molecule has 0 saturated carbocycles. The average molecular weight is 309 g/mol. The first-order valence-electron chi connectivity index (χ1n) is 7.44. The van der Waals surface area contributed by atoms with E-state index in [1.165, 1.54) is 7.05 Å². The lowest BCUT2D eigenvalue weighted by Gasteiger charge is -2.09. The molecule has 2 rings (SSSR count). The average Bonchev–Trinajstić information content (AvgIpc) is 2.84. The molecule has 0 radical (unpaired) electrons. The van der Waals surface area contributed by atoms with Crippen LogP contribution >= 0.6 is 0 Å². The number of unbranched alkanes of at least 4 members (excludes halogenated alkanes) is 1. The van der Waals surface area contributed by atoms with Gasteiger partial charge in [0.05, 0.1) is 0 Å². The fourth-order valence-electron chi connectivity index (χ4n) is 2.53. The number of hydrogen-bond acceptors (Lipinski definition) is 5. The first-order chi connectivity index (χ1) is 10.6. The number of methoxy groups -OCH3 is 1. The smallest absolute Gasteiger partial charge is 0.332 e. The maximum atomic E-state index is 12.5. The molecule has 8 heteroatoms. The standard InChI is InChI=1S/C14H23N5O3/c1-4-5-7-19-12-11(13(20)17(2)14(19)21)18(8-6-15)10(16-12)9-22-3/h4-9,15H2,1-3H3. The summed E-state index contributed by atoms with van der Waals surface area (Å²) in [6, 6.07) is 0. The van der Waals surface area contributed by atoms with Crippen molar-refractivity contribution in [1.82, 2.24) is 18.7 Å². The van der Waals surface area contributed by atoms with Gasteiger partial charge in [0, 0.05) is 33.8 Å². The molecule has 0 aliphatic carbocycles. The summed E-state index contributed by atoms with van der Waals surface area (Å²) in [6.07, 6.45) is 1.79. The summed E-state index contributed by atoms with van der Waals surface area (Å²) < 4.78 is 9.59. The Hall–Kier alpha value is -1.93. The first-order valence-corrected chi connectivity index (χ1v) is 7.44. The molecule has 0 aliphatic heterocycles. The predicted molar refractivity (Wildman–Crippen MR) is 83.9 cm³/mol. The third-order valence-electron chi connectivity index (χ3n) is 3.67. The van der Waals surface area contributed by atoms with E-state index in [4.69, 9.17) is 10.5 Å². The molecular formula is C14H23N5O3. The van der Waals surface area contributed by atoms with E-state index in [0.717, 1.165) is 17.4 Å². The van der Waals surface area contributed by atoms with Crippen LogP contribution in [0.3, 0.4) is 0 Å². The van der Waals surface area contributed by atoms with Crippen LogP contribution in [0.1, 0.15) is 25.6 Å². The zero-order valence-electron chi connectivity index (χ0n) is 13.3. The lowest BCUT2D eigenvalue weighted by atomic mass is 10.3. The lowest BCUT2D eigenvalue weighted by molar-refractivity contribution is 0.174. The fourth-order valence-corrected chi connectivity index (χ4v) is 2.53. The largest absolute Gasteiger partial charge is 0.377 e. The van der Waals surface area contributed by atoms with E-state index < -0.39 is 0 Å². The number of nitrogens with zero attached hydrogens (tertiary/aromatic N) is 4. The molecule has 0 aromatic carbocycles. The Balaban J connectivity index is 2.82. The van der Waals surface area contributed by atoms with Crippen molar-refractivity contribution in [3.05, 3.63) is 26.7 Å². The van der Waals surface area contributed by atoms with Crippen LogP contribution in [0, 0.1) is 0 Å². The maximum Gasteiger partial charge on any atom is 0.332 e. The van der Waals surface area contributed by atoms with Crippen molar-refractivity contribution in [3.63, 3.8) is 0 Å². The molecule has 2 N–H and O–H groups in total. The van der Waals surface area contributed by atoms with Gasteiger partial charge in [-0.1, -0.05) is 13.3 Å². The Labute approximate surface area is 128 Å². The van der Waals surface area contributed by atoms with Gasteiger partial charge in [0.2, 0.25) is 0 Å². The van der Waals surface area contributed by atoms with Gasteiger partial charge >= 0.3 is 5.69 Å². The summed E-state index contributed by atoms with van der Waals surface area (Å²) in [5, 5.41) is 0. The molecule has 2 heterocycles. The van der Waals surface area contributed by atoms with Crippen LogP contribution in [0.15, 0.2) is 9.59 Å². The summed E-state index contributed by atoms with van der Waals surface area (Å²) in [5.41, 5.74) is 5.79. The molecule has 0 atom stereocenters. The lowest BCUT2D eigenvalue weighted by Crippen LogP contribution is -2.39. The number of aromatic nitrogens is 4. The van der Waals surface area contributed by atoms with Crippen LogP contribution in [-0.4, -0.2) is 32.3 Å². The second-order valence-electron chi connectivity index (χ2n) is 5.23. The maximum absolute atomic E-state index is 12.5. The molecule has 2 aromatic rings. The van der Waals surface area contributed by atoms with Gasteiger partial charge in [0.1, 0.15) is 12.4 Å². The molecule has 0 fully saturated rings. The highest BCUT2D eigenvalue weighted by Crippen LogP contribution is 2.13. The minimum absolute atomic E-state index is 0.264. The van der Waals surface area contributed by atoms with Crippen molar-refractivity contribution in [2.45, 2.75) is 39.5 Å². The van der Waals surface area contributed by atoms with Gasteiger partial charge < -0.3 is 15.0 Å². The quantitative estimate of drug-likeness (QED) is 0.764. The molecule has 0 amide bonds. The molecule has 2 aromatic heterocycles. The number of ether oxygens (including phenoxy) is 1. The number of nitrogens with two attached hydrogens (primary N) is 1. The number of fused-ring (bicyclic) bond motifs is 1. The van der Waals surface area contributed by atoms with Crippen LogP contribution in [0.4, 0.5) is 0 Å². The molecule has 22 heavy (non-hydrogen) atoms. The van der Waals surface area contributed by atoms with Crippen LogP contribution < -0.4 is 17.0 Å². The van der Waals surface area contributed by atoms with Crippen molar-refractivity contribution in [2.24, 2.45) is 12.8 Å². The van der Waals surface area contributed by atoms with Gasteiger partial charge in [-0.2, -0.15) is 0 Å². The Morgan fingerprint density at radius 3 is 2.55 bits per heavy atom. The van der Waals surface area contributed by atoms with Crippen molar-refractivity contribution in [1.29, 1.82) is 0 Å². The van der Waals surface area contributed by atoms with Crippen molar-refractivity contribution in [2.75, 3.05) is 13.7 Å². The van der Waals surface area contributed by atoms with Crippen molar-refractivity contribution < 1.29 is 4.74 Å². The predicted octanol–water partition coefficient (Wildman–Crippen LogP) is -0.198. The highest BCUT2D eigenvalue weighted by atomic mass is 16.5. The zero-order valence-corrected chi connectivity index (χ0v) is 13.3. The van der Waals surface area contributed by atoms with E-state index in [1.807, 2.05) is 6.92 Å². The van der Waals surface area contributed by atoms with Crippen LogP contribution in [0.5, 0.6) is 0 Å². The Morgan fingerprint density at radius 2 is 1.95 bits per heavy atom. The van der Waals surface area contributed by atoms with Crippen LogP contribution in [0.2, 0.25) is 0 Å². The topological polar surface area (TPSA) is 97.1 Å². The van der Waals surface area contributed by atoms with Crippen molar-refractivity contribution >= 4 is 11.2 Å². The normalized spacial score (nSPS) is 11.5. The van der Waals surface area contributed by atoms with Gasteiger partial charge in [-0.3, -0.25) is 13.9 Å². The molecule has 0 spiro atoms. The summed E-state index contributed by atoms with van der Waals surface area (Å²) in [5.74, 6) is 0.607. The number of rotatable bonds is 7. The first kappa shape index (κ1) is 16.4. The molecule has 122 valence electrons. The van der Waals surface area contributed by atoms with Gasteiger partial charge in [0.25, 0.3) is 5.56 Å². The van der Waals surface area contributed by atoms with Crippen LogP contribution in [0.25, 0.3) is 11.2 Å². The monoisotopic (exact) mass is 309 g/mol. The van der Waals surface area contributed by atoms with E-state index in [0.29, 0.717) is 36.6 Å². The number of hydrogen-bond donors (Lipinski definition) is 1. The van der Waals surface area contributed by atoms with Crippen LogP contribution in [-0.2, 0) is 31.5 Å². The summed E-state index contributed by atoms with van der Waals surface area (Å²) in [6.45, 7) is 3.68. The molecule has 0 unspecified atom stereocenters. The summed E-state index contributed by atoms with van der Waals surface area (Å²) in [4.78, 5) is 29.3. The molecule has 0 aliphatic rings. The highest BCUT2D eigenvalue weighted by Gasteiger charge is 2.19. The second kappa shape index (κ2) is 6.89. The van der Waals surface area contributed by atoms with Crippen molar-refractivity contribution in [3.8, 4) is 0 Å². The number of aryl methyl sites for hydroxylation is 1. The zero-order chi connectivity index (χ0) is 16.3. The molecule has 0 saturated heterocycles.